The Morgan fingerprint density at radius 2 is 1.91 bits per heavy atom. The minimum absolute atomic E-state index is 1.20. The van der Waals surface area contributed by atoms with Crippen LogP contribution in [0.25, 0.3) is 0 Å². The predicted octanol–water partition coefficient (Wildman–Crippen LogP) is 3.09. The van der Waals surface area contributed by atoms with Crippen molar-refractivity contribution in [3.63, 3.8) is 0 Å². The summed E-state index contributed by atoms with van der Waals surface area (Å²) < 4.78 is 0. The molecule has 0 amide bonds. The Labute approximate surface area is 68.5 Å². The van der Waals surface area contributed by atoms with Gasteiger partial charge in [0.15, 0.2) is 0 Å². The van der Waals surface area contributed by atoms with Crippen LogP contribution in [0.5, 0.6) is 0 Å². The van der Waals surface area contributed by atoms with Gasteiger partial charge in [0.05, 0.1) is 0 Å². The molecule has 60 valence electrons. The molecule has 1 nitrogen and oxygen atoms in total. The zero-order chi connectivity index (χ0) is 7.94. The molecule has 0 saturated heterocycles. The van der Waals surface area contributed by atoms with Crippen molar-refractivity contribution in [1.29, 1.82) is 0 Å². The molecule has 0 aromatic rings. The van der Waals surface area contributed by atoms with Crippen LogP contribution in [-0.4, -0.2) is 5.71 Å². The predicted molar refractivity (Wildman–Crippen MR) is 49.9 cm³/mol. The lowest BCUT2D eigenvalue weighted by atomic mass is 9.99. The van der Waals surface area contributed by atoms with Crippen LogP contribution < -0.4 is 0 Å². The lowest BCUT2D eigenvalue weighted by Crippen LogP contribution is -2.03. The first-order valence-corrected chi connectivity index (χ1v) is 4.26. The smallest absolute Gasteiger partial charge is 0.0266 e. The first-order valence-electron chi connectivity index (χ1n) is 4.26. The molecule has 1 rings (SSSR count). The summed E-state index contributed by atoms with van der Waals surface area (Å²) in [6, 6.07) is 0. The molecule has 0 radical (unpaired) electrons. The molecule has 1 aliphatic carbocycles. The SMILES string of the molecule is C=C/C=C\N=C1CCCCC1. The Morgan fingerprint density at radius 1 is 1.18 bits per heavy atom. The third-order valence-corrected chi connectivity index (χ3v) is 1.91. The normalized spacial score (nSPS) is 18.7. The summed E-state index contributed by atoms with van der Waals surface area (Å²) in [4.78, 5) is 4.34. The Hall–Kier alpha value is -0.850. The summed E-state index contributed by atoms with van der Waals surface area (Å²) in [6.45, 7) is 3.59. The molecular weight excluding hydrogens is 134 g/mol. The lowest BCUT2D eigenvalue weighted by molar-refractivity contribution is 0.666. The van der Waals surface area contributed by atoms with Gasteiger partial charge in [-0.25, -0.2) is 0 Å². The van der Waals surface area contributed by atoms with E-state index in [1.54, 1.807) is 6.08 Å². The maximum atomic E-state index is 4.34. The first kappa shape index (κ1) is 8.25. The zero-order valence-corrected chi connectivity index (χ0v) is 6.92. The largest absolute Gasteiger partial charge is 0.266 e. The van der Waals surface area contributed by atoms with Gasteiger partial charge in [-0.3, -0.25) is 4.99 Å². The Kier molecular flexibility index (Phi) is 3.67. The molecule has 0 spiro atoms. The van der Waals surface area contributed by atoms with E-state index < -0.39 is 0 Å². The number of rotatable bonds is 2. The molecule has 0 aliphatic heterocycles. The van der Waals surface area contributed by atoms with Crippen molar-refractivity contribution < 1.29 is 0 Å². The molecule has 0 unspecified atom stereocenters. The topological polar surface area (TPSA) is 12.4 Å². The van der Waals surface area contributed by atoms with E-state index in [0.717, 1.165) is 0 Å². The Bertz CT molecular complexity index is 169. The second-order valence-corrected chi connectivity index (χ2v) is 2.83. The Balaban J connectivity index is 2.37. The fourth-order valence-corrected chi connectivity index (χ4v) is 1.30. The summed E-state index contributed by atoms with van der Waals surface area (Å²) in [5.41, 5.74) is 1.36. The molecule has 11 heavy (non-hydrogen) atoms. The highest BCUT2D eigenvalue weighted by molar-refractivity contribution is 5.85. The summed E-state index contributed by atoms with van der Waals surface area (Å²) in [5, 5.41) is 0. The van der Waals surface area contributed by atoms with Gasteiger partial charge in [-0.2, -0.15) is 0 Å². The summed E-state index contributed by atoms with van der Waals surface area (Å²) in [5.74, 6) is 0. The number of hydrogen-bond acceptors (Lipinski definition) is 1. The van der Waals surface area contributed by atoms with Gasteiger partial charge in [0, 0.05) is 11.9 Å². The third kappa shape index (κ3) is 3.17. The third-order valence-electron chi connectivity index (χ3n) is 1.91. The molecule has 1 aliphatic rings. The number of aliphatic imine (C=N–C) groups is 1. The maximum absolute atomic E-state index is 4.34. The van der Waals surface area contributed by atoms with Gasteiger partial charge in [-0.15, -0.1) is 0 Å². The van der Waals surface area contributed by atoms with Crippen LogP contribution in [0.4, 0.5) is 0 Å². The van der Waals surface area contributed by atoms with E-state index in [2.05, 4.69) is 11.6 Å². The average Bonchev–Trinajstić information content (AvgIpc) is 2.07. The monoisotopic (exact) mass is 149 g/mol. The molecule has 0 N–H and O–H groups in total. The average molecular weight is 149 g/mol. The van der Waals surface area contributed by atoms with Crippen LogP contribution in [-0.2, 0) is 0 Å². The molecule has 0 heterocycles. The molecular formula is C10H15N. The van der Waals surface area contributed by atoms with E-state index in [9.17, 15) is 0 Å². The van der Waals surface area contributed by atoms with Gasteiger partial charge in [0.1, 0.15) is 0 Å². The van der Waals surface area contributed by atoms with Crippen molar-refractivity contribution in [3.8, 4) is 0 Å². The number of hydrogen-bond donors (Lipinski definition) is 0. The summed E-state index contributed by atoms with van der Waals surface area (Å²) in [7, 11) is 0. The summed E-state index contributed by atoms with van der Waals surface area (Å²) in [6.07, 6.45) is 11.9. The highest BCUT2D eigenvalue weighted by Gasteiger charge is 2.04. The molecule has 0 bridgehead atoms. The highest BCUT2D eigenvalue weighted by Crippen LogP contribution is 2.14. The molecule has 1 fully saturated rings. The van der Waals surface area contributed by atoms with E-state index >= 15 is 0 Å². The van der Waals surface area contributed by atoms with Crippen LogP contribution in [0.1, 0.15) is 32.1 Å². The van der Waals surface area contributed by atoms with Crippen LogP contribution in [0.3, 0.4) is 0 Å². The molecule has 0 aromatic carbocycles. The van der Waals surface area contributed by atoms with Gasteiger partial charge in [0.25, 0.3) is 0 Å². The standard InChI is InChI=1S/C10H15N/c1-2-3-9-11-10-7-5-4-6-8-10/h2-3,9H,1,4-8H2/b9-3-. The van der Waals surface area contributed by atoms with Crippen LogP contribution in [0.2, 0.25) is 0 Å². The number of allylic oxidation sites excluding steroid dienone is 2. The van der Waals surface area contributed by atoms with Gasteiger partial charge in [-0.1, -0.05) is 19.1 Å². The molecule has 0 atom stereocenters. The van der Waals surface area contributed by atoms with Crippen molar-refractivity contribution in [1.82, 2.24) is 0 Å². The van der Waals surface area contributed by atoms with Crippen molar-refractivity contribution in [2.75, 3.05) is 0 Å². The van der Waals surface area contributed by atoms with E-state index in [1.165, 1.54) is 37.8 Å². The second kappa shape index (κ2) is 4.89. The fourth-order valence-electron chi connectivity index (χ4n) is 1.30. The van der Waals surface area contributed by atoms with E-state index in [4.69, 9.17) is 0 Å². The fraction of sp³-hybridized carbons (Fsp3) is 0.500. The van der Waals surface area contributed by atoms with E-state index in [0.29, 0.717) is 0 Å². The van der Waals surface area contributed by atoms with Gasteiger partial charge in [-0.05, 0) is 31.8 Å². The second-order valence-electron chi connectivity index (χ2n) is 2.83. The van der Waals surface area contributed by atoms with Gasteiger partial charge in [0.2, 0.25) is 0 Å². The van der Waals surface area contributed by atoms with Gasteiger partial charge < -0.3 is 0 Å². The number of nitrogens with zero attached hydrogens (tertiary/aromatic N) is 1. The minimum atomic E-state index is 1.20. The molecule has 1 heteroatoms. The highest BCUT2D eigenvalue weighted by atomic mass is 14.7. The van der Waals surface area contributed by atoms with Crippen molar-refractivity contribution in [2.45, 2.75) is 32.1 Å². The van der Waals surface area contributed by atoms with Crippen LogP contribution in [0, 0.1) is 0 Å². The van der Waals surface area contributed by atoms with Crippen molar-refractivity contribution >= 4 is 5.71 Å². The Morgan fingerprint density at radius 3 is 2.55 bits per heavy atom. The quantitative estimate of drug-likeness (QED) is 0.535. The van der Waals surface area contributed by atoms with Crippen LogP contribution >= 0.6 is 0 Å². The van der Waals surface area contributed by atoms with E-state index in [1.807, 2.05) is 12.3 Å². The molecule has 1 saturated carbocycles. The van der Waals surface area contributed by atoms with Crippen LogP contribution in [0.15, 0.2) is 29.9 Å². The minimum Gasteiger partial charge on any atom is -0.266 e. The van der Waals surface area contributed by atoms with Gasteiger partial charge >= 0.3 is 0 Å². The lowest BCUT2D eigenvalue weighted by Gasteiger charge is -2.10. The summed E-state index contributed by atoms with van der Waals surface area (Å²) >= 11 is 0. The van der Waals surface area contributed by atoms with Crippen molar-refractivity contribution in [3.05, 3.63) is 24.9 Å². The van der Waals surface area contributed by atoms with Crippen molar-refractivity contribution in [2.24, 2.45) is 4.99 Å². The first-order chi connectivity index (χ1) is 5.43. The molecule has 0 aromatic heterocycles. The zero-order valence-electron chi connectivity index (χ0n) is 6.92. The van der Waals surface area contributed by atoms with E-state index in [-0.39, 0.29) is 0 Å². The maximum Gasteiger partial charge on any atom is 0.0266 e.